The maximum Gasteiger partial charge on any atom is 0.410 e. The molecule has 38 heavy (non-hydrogen) atoms. The first kappa shape index (κ1) is 27.2. The SMILES string of the molecule is CCOC(=O)c1sc(NC(=O)c2cc3n(n2)[C@H](C(F)(F)F)C[C@@H](c2ccccc2)N3)c(C(=O)OCC)c1C. The van der Waals surface area contributed by atoms with Gasteiger partial charge in [-0.25, -0.2) is 14.3 Å². The lowest BCUT2D eigenvalue weighted by Gasteiger charge is -2.33. The number of hydrogen-bond donors (Lipinski definition) is 2. The van der Waals surface area contributed by atoms with Crippen molar-refractivity contribution in [2.45, 2.75) is 45.5 Å². The highest BCUT2D eigenvalue weighted by molar-refractivity contribution is 7.18. The number of benzene rings is 1. The smallest absolute Gasteiger partial charge is 0.410 e. The Balaban J connectivity index is 1.67. The van der Waals surface area contributed by atoms with Crippen LogP contribution in [0.1, 0.15) is 74.0 Å². The highest BCUT2D eigenvalue weighted by atomic mass is 32.1. The number of aromatic nitrogens is 2. The minimum Gasteiger partial charge on any atom is -0.462 e. The van der Waals surface area contributed by atoms with Crippen molar-refractivity contribution in [3.05, 3.63) is 63.7 Å². The summed E-state index contributed by atoms with van der Waals surface area (Å²) in [7, 11) is 0. The Kier molecular flexibility index (Phi) is 7.76. The number of rotatable bonds is 7. The summed E-state index contributed by atoms with van der Waals surface area (Å²) in [6.45, 7) is 4.90. The maximum absolute atomic E-state index is 14.0. The Morgan fingerprint density at radius 1 is 1.13 bits per heavy atom. The number of hydrogen-bond acceptors (Lipinski definition) is 8. The van der Waals surface area contributed by atoms with E-state index < -0.39 is 36.1 Å². The van der Waals surface area contributed by atoms with E-state index in [2.05, 4.69) is 15.7 Å². The quantitative estimate of drug-likeness (QED) is 0.373. The molecule has 9 nitrogen and oxygen atoms in total. The molecule has 0 radical (unpaired) electrons. The van der Waals surface area contributed by atoms with Crippen molar-refractivity contribution in [3.8, 4) is 0 Å². The Morgan fingerprint density at radius 2 is 1.79 bits per heavy atom. The van der Waals surface area contributed by atoms with Gasteiger partial charge in [-0.15, -0.1) is 11.3 Å². The van der Waals surface area contributed by atoms with Gasteiger partial charge in [-0.05, 0) is 31.9 Å². The van der Waals surface area contributed by atoms with E-state index in [-0.39, 0.29) is 52.2 Å². The van der Waals surface area contributed by atoms with Gasteiger partial charge >= 0.3 is 18.1 Å². The van der Waals surface area contributed by atoms with Gasteiger partial charge in [0.05, 0.1) is 24.8 Å². The van der Waals surface area contributed by atoms with Crippen LogP contribution in [-0.4, -0.2) is 47.0 Å². The van der Waals surface area contributed by atoms with Crippen LogP contribution in [0.3, 0.4) is 0 Å². The molecule has 0 saturated heterocycles. The average Bonchev–Trinajstić information content (AvgIpc) is 3.44. The fourth-order valence-corrected chi connectivity index (χ4v) is 5.28. The molecule has 1 aliphatic rings. The van der Waals surface area contributed by atoms with Crippen LogP contribution in [-0.2, 0) is 9.47 Å². The molecular weight excluding hydrogens is 525 g/mol. The molecule has 13 heteroatoms. The number of halogens is 3. The summed E-state index contributed by atoms with van der Waals surface area (Å²) in [6.07, 6.45) is -4.93. The van der Waals surface area contributed by atoms with Crippen LogP contribution in [0.25, 0.3) is 0 Å². The van der Waals surface area contributed by atoms with Crippen molar-refractivity contribution in [3.63, 3.8) is 0 Å². The third-order valence-corrected chi connectivity index (χ3v) is 7.13. The molecule has 3 heterocycles. The molecule has 2 atom stereocenters. The van der Waals surface area contributed by atoms with Crippen LogP contribution in [0.4, 0.5) is 24.0 Å². The molecule has 2 N–H and O–H groups in total. The Bertz CT molecular complexity index is 1350. The number of nitrogens with zero attached hydrogens (tertiary/aromatic N) is 2. The fraction of sp³-hybridized carbons (Fsp3) is 0.360. The maximum atomic E-state index is 14.0. The van der Waals surface area contributed by atoms with E-state index in [4.69, 9.17) is 9.47 Å². The number of ether oxygens (including phenoxy) is 2. The van der Waals surface area contributed by atoms with E-state index in [1.165, 1.54) is 13.0 Å². The molecule has 2 aromatic heterocycles. The molecule has 0 unspecified atom stereocenters. The molecule has 1 aliphatic heterocycles. The summed E-state index contributed by atoms with van der Waals surface area (Å²) in [5.74, 6) is -2.27. The fourth-order valence-electron chi connectivity index (χ4n) is 4.20. The minimum atomic E-state index is -4.61. The summed E-state index contributed by atoms with van der Waals surface area (Å²) in [5, 5.41) is 9.50. The van der Waals surface area contributed by atoms with Crippen LogP contribution < -0.4 is 10.6 Å². The van der Waals surface area contributed by atoms with Crippen LogP contribution in [0, 0.1) is 6.92 Å². The van der Waals surface area contributed by atoms with Gasteiger partial charge in [-0.3, -0.25) is 4.79 Å². The number of alkyl halides is 3. The van der Waals surface area contributed by atoms with Gasteiger partial charge in [-0.1, -0.05) is 30.3 Å². The minimum absolute atomic E-state index is 0.00228. The molecule has 4 rings (SSSR count). The summed E-state index contributed by atoms with van der Waals surface area (Å²) in [4.78, 5) is 38.2. The molecule has 0 bridgehead atoms. The van der Waals surface area contributed by atoms with Crippen LogP contribution in [0.15, 0.2) is 36.4 Å². The molecule has 202 valence electrons. The van der Waals surface area contributed by atoms with Gasteiger partial charge < -0.3 is 20.1 Å². The first-order valence-electron chi connectivity index (χ1n) is 11.8. The number of carbonyl (C=O) groups excluding carboxylic acids is 3. The molecule has 0 spiro atoms. The second kappa shape index (κ2) is 10.9. The first-order valence-corrected chi connectivity index (χ1v) is 12.6. The van der Waals surface area contributed by atoms with Gasteiger partial charge in [0.15, 0.2) is 11.7 Å². The van der Waals surface area contributed by atoms with Crippen LogP contribution in [0.5, 0.6) is 0 Å². The number of carbonyl (C=O) groups is 3. The Labute approximate surface area is 219 Å². The number of anilines is 2. The van der Waals surface area contributed by atoms with Crippen molar-refractivity contribution < 1.29 is 37.0 Å². The second-order valence-electron chi connectivity index (χ2n) is 8.42. The summed E-state index contributed by atoms with van der Waals surface area (Å²) in [6, 6.07) is 7.30. The Morgan fingerprint density at radius 3 is 2.42 bits per heavy atom. The zero-order valence-electron chi connectivity index (χ0n) is 20.7. The van der Waals surface area contributed by atoms with Crippen molar-refractivity contribution in [2.75, 3.05) is 23.8 Å². The standard InChI is InChI=1S/C25H25F3N4O5S/c1-4-36-23(34)19-13(3)20(24(35)37-5-2)38-22(19)30-21(33)16-12-18-29-15(14-9-7-6-8-10-14)11-17(25(26,27)28)32(18)31-16/h6-10,12,15,17,29H,4-5,11H2,1-3H3,(H,30,33)/t15-,17-/m0/s1. The largest absolute Gasteiger partial charge is 0.462 e. The number of amides is 1. The lowest BCUT2D eigenvalue weighted by molar-refractivity contribution is -0.173. The number of esters is 2. The number of fused-ring (bicyclic) bond motifs is 1. The van der Waals surface area contributed by atoms with Gasteiger partial charge in [-0.2, -0.15) is 18.3 Å². The predicted octanol–water partition coefficient (Wildman–Crippen LogP) is 5.52. The topological polar surface area (TPSA) is 112 Å². The predicted molar refractivity (Wildman–Crippen MR) is 134 cm³/mol. The lowest BCUT2D eigenvalue weighted by Crippen LogP contribution is -2.35. The monoisotopic (exact) mass is 550 g/mol. The van der Waals surface area contributed by atoms with E-state index >= 15 is 0 Å². The Hall–Kier alpha value is -3.87. The zero-order valence-corrected chi connectivity index (χ0v) is 21.5. The number of thiophene rings is 1. The average molecular weight is 551 g/mol. The van der Waals surface area contributed by atoms with Gasteiger partial charge in [0.1, 0.15) is 15.7 Å². The molecule has 1 aromatic carbocycles. The summed E-state index contributed by atoms with van der Waals surface area (Å²) in [5.41, 5.74) is 0.595. The van der Waals surface area contributed by atoms with E-state index in [9.17, 15) is 27.6 Å². The van der Waals surface area contributed by atoms with Crippen molar-refractivity contribution >= 4 is 40.0 Å². The summed E-state index contributed by atoms with van der Waals surface area (Å²) >= 11 is 0.811. The van der Waals surface area contributed by atoms with Crippen molar-refractivity contribution in [1.29, 1.82) is 0 Å². The highest BCUT2D eigenvalue weighted by Gasteiger charge is 2.47. The van der Waals surface area contributed by atoms with Crippen LogP contribution in [0.2, 0.25) is 0 Å². The van der Waals surface area contributed by atoms with E-state index in [0.29, 0.717) is 5.56 Å². The van der Waals surface area contributed by atoms with E-state index in [1.54, 1.807) is 44.2 Å². The van der Waals surface area contributed by atoms with E-state index in [0.717, 1.165) is 16.0 Å². The third kappa shape index (κ3) is 5.37. The first-order chi connectivity index (χ1) is 18.0. The molecule has 0 aliphatic carbocycles. The van der Waals surface area contributed by atoms with Gasteiger partial charge in [0, 0.05) is 12.5 Å². The molecule has 0 fully saturated rings. The van der Waals surface area contributed by atoms with Crippen molar-refractivity contribution in [2.24, 2.45) is 0 Å². The summed E-state index contributed by atoms with van der Waals surface area (Å²) < 4.78 is 52.8. The van der Waals surface area contributed by atoms with Gasteiger partial charge in [0.2, 0.25) is 0 Å². The number of nitrogens with one attached hydrogen (secondary N) is 2. The second-order valence-corrected chi connectivity index (χ2v) is 9.44. The molecular formula is C25H25F3N4O5S. The molecule has 0 saturated carbocycles. The molecule has 3 aromatic rings. The zero-order chi connectivity index (χ0) is 27.6. The molecule has 1 amide bonds. The van der Waals surface area contributed by atoms with Gasteiger partial charge in [0.25, 0.3) is 5.91 Å². The third-order valence-electron chi connectivity index (χ3n) is 5.94. The van der Waals surface area contributed by atoms with E-state index in [1.807, 2.05) is 0 Å². The highest BCUT2D eigenvalue weighted by Crippen LogP contribution is 2.43. The lowest BCUT2D eigenvalue weighted by atomic mass is 9.97. The van der Waals surface area contributed by atoms with Crippen molar-refractivity contribution in [1.82, 2.24) is 9.78 Å². The normalized spacial score (nSPS) is 16.8. The van der Waals surface area contributed by atoms with Crippen LogP contribution >= 0.6 is 11.3 Å².